The Morgan fingerprint density at radius 1 is 1.40 bits per heavy atom. The number of nitrogens with one attached hydrogen (secondary N) is 1. The van der Waals surface area contributed by atoms with Gasteiger partial charge in [-0.3, -0.25) is 0 Å². The van der Waals surface area contributed by atoms with E-state index >= 15 is 0 Å². The van der Waals surface area contributed by atoms with E-state index < -0.39 is 0 Å². The standard InChI is InChI=1S/C7H7I2N/c1-5-4-6(8)2-3-7(5)10-9/h2-4,10H,1H3. The Labute approximate surface area is 88.2 Å². The number of anilines is 1. The molecule has 54 valence electrons. The maximum Gasteiger partial charge on any atom is 0.0560 e. The van der Waals surface area contributed by atoms with E-state index in [1.54, 1.807) is 0 Å². The lowest BCUT2D eigenvalue weighted by Gasteiger charge is -2.02. The topological polar surface area (TPSA) is 12.0 Å². The molecule has 0 aliphatic rings. The Kier molecular flexibility index (Phi) is 3.22. The third-order valence-corrected chi connectivity index (χ3v) is 2.54. The predicted molar refractivity (Wildman–Crippen MR) is 61.5 cm³/mol. The van der Waals surface area contributed by atoms with E-state index in [0.29, 0.717) is 0 Å². The Hall–Kier alpha value is 0.480. The first-order valence-electron chi connectivity index (χ1n) is 2.87. The van der Waals surface area contributed by atoms with Crippen LogP contribution < -0.4 is 3.53 Å². The summed E-state index contributed by atoms with van der Waals surface area (Å²) in [6.07, 6.45) is 0. The minimum atomic E-state index is 1.20. The van der Waals surface area contributed by atoms with Gasteiger partial charge in [0.05, 0.1) is 22.9 Å². The number of benzene rings is 1. The van der Waals surface area contributed by atoms with Crippen LogP contribution in [0, 0.1) is 10.5 Å². The van der Waals surface area contributed by atoms with Crippen LogP contribution in [0.1, 0.15) is 5.56 Å². The summed E-state index contributed by atoms with van der Waals surface area (Å²) in [5.74, 6) is 0. The third-order valence-electron chi connectivity index (χ3n) is 1.29. The van der Waals surface area contributed by atoms with Crippen molar-refractivity contribution >= 4 is 51.1 Å². The molecule has 0 radical (unpaired) electrons. The minimum absolute atomic E-state index is 1.20. The van der Waals surface area contributed by atoms with Gasteiger partial charge in [-0.25, -0.2) is 0 Å². The summed E-state index contributed by atoms with van der Waals surface area (Å²) >= 11 is 4.45. The fraction of sp³-hybridized carbons (Fsp3) is 0.143. The molecule has 0 fully saturated rings. The van der Waals surface area contributed by atoms with Gasteiger partial charge < -0.3 is 3.53 Å². The van der Waals surface area contributed by atoms with Gasteiger partial charge in [0.25, 0.3) is 0 Å². The molecule has 0 amide bonds. The second-order valence-corrected chi connectivity index (χ2v) is 3.84. The van der Waals surface area contributed by atoms with E-state index in [1.165, 1.54) is 14.8 Å². The molecule has 0 aliphatic carbocycles. The van der Waals surface area contributed by atoms with Crippen molar-refractivity contribution in [2.24, 2.45) is 0 Å². The lowest BCUT2D eigenvalue weighted by Crippen LogP contribution is -1.84. The molecule has 0 unspecified atom stereocenters. The van der Waals surface area contributed by atoms with Gasteiger partial charge >= 0.3 is 0 Å². The molecule has 3 heteroatoms. The van der Waals surface area contributed by atoms with E-state index in [1.807, 2.05) is 0 Å². The van der Waals surface area contributed by atoms with Crippen molar-refractivity contribution in [1.29, 1.82) is 0 Å². The van der Waals surface area contributed by atoms with Crippen LogP contribution in [0.25, 0.3) is 0 Å². The largest absolute Gasteiger partial charge is 0.328 e. The van der Waals surface area contributed by atoms with E-state index in [9.17, 15) is 0 Å². The highest BCUT2D eigenvalue weighted by molar-refractivity contribution is 14.1. The second kappa shape index (κ2) is 3.75. The zero-order valence-electron chi connectivity index (χ0n) is 5.49. The van der Waals surface area contributed by atoms with Crippen molar-refractivity contribution in [3.05, 3.63) is 27.3 Å². The molecule has 1 rings (SSSR count). The second-order valence-electron chi connectivity index (χ2n) is 2.05. The normalized spacial score (nSPS) is 9.50. The smallest absolute Gasteiger partial charge is 0.0560 e. The number of aryl methyl sites for hydroxylation is 1. The van der Waals surface area contributed by atoms with Gasteiger partial charge in [0.15, 0.2) is 0 Å². The van der Waals surface area contributed by atoms with Crippen LogP contribution in [0.2, 0.25) is 0 Å². The molecule has 0 aliphatic heterocycles. The van der Waals surface area contributed by atoms with Gasteiger partial charge in [0, 0.05) is 9.26 Å². The Morgan fingerprint density at radius 2 is 2.10 bits per heavy atom. The van der Waals surface area contributed by atoms with Crippen molar-refractivity contribution in [3.63, 3.8) is 0 Å². The molecule has 1 nitrogen and oxygen atoms in total. The van der Waals surface area contributed by atoms with Crippen molar-refractivity contribution in [3.8, 4) is 0 Å². The summed E-state index contributed by atoms with van der Waals surface area (Å²) in [6, 6.07) is 6.33. The Bertz CT molecular complexity index is 235. The first kappa shape index (κ1) is 8.58. The molecule has 0 heterocycles. The zero-order chi connectivity index (χ0) is 7.56. The van der Waals surface area contributed by atoms with Crippen molar-refractivity contribution < 1.29 is 0 Å². The maximum absolute atomic E-state index is 3.09. The van der Waals surface area contributed by atoms with Crippen LogP contribution in [0.3, 0.4) is 0 Å². The van der Waals surface area contributed by atoms with Gasteiger partial charge in [-0.05, 0) is 53.3 Å². The van der Waals surface area contributed by atoms with Crippen LogP contribution in [0.5, 0.6) is 0 Å². The highest BCUT2D eigenvalue weighted by atomic mass is 127. The third kappa shape index (κ3) is 1.98. The predicted octanol–water partition coefficient (Wildman–Crippen LogP) is 3.36. The van der Waals surface area contributed by atoms with E-state index in [2.05, 4.69) is 74.1 Å². The van der Waals surface area contributed by atoms with Gasteiger partial charge in [0.1, 0.15) is 0 Å². The molecule has 0 saturated carbocycles. The molecule has 0 atom stereocenters. The first-order valence-corrected chi connectivity index (χ1v) is 5.02. The molecule has 0 spiro atoms. The fourth-order valence-corrected chi connectivity index (χ4v) is 1.99. The van der Waals surface area contributed by atoms with Gasteiger partial charge in [-0.2, -0.15) is 0 Å². The van der Waals surface area contributed by atoms with Crippen LogP contribution >= 0.6 is 45.5 Å². The Morgan fingerprint density at radius 3 is 2.60 bits per heavy atom. The van der Waals surface area contributed by atoms with Crippen LogP contribution in [0.15, 0.2) is 18.2 Å². The first-order chi connectivity index (χ1) is 4.74. The lowest BCUT2D eigenvalue weighted by atomic mass is 10.2. The highest BCUT2D eigenvalue weighted by Gasteiger charge is 1.94. The molecule has 1 aromatic rings. The lowest BCUT2D eigenvalue weighted by molar-refractivity contribution is 1.46. The average Bonchev–Trinajstić information content (AvgIpc) is 1.88. The van der Waals surface area contributed by atoms with E-state index in [4.69, 9.17) is 0 Å². The summed E-state index contributed by atoms with van der Waals surface area (Å²) in [6.45, 7) is 2.10. The summed E-state index contributed by atoms with van der Waals surface area (Å²) in [5, 5.41) is 0. The molecule has 1 N–H and O–H groups in total. The van der Waals surface area contributed by atoms with Gasteiger partial charge in [-0.15, -0.1) is 0 Å². The molecular weight excluding hydrogens is 352 g/mol. The molecule has 0 saturated heterocycles. The van der Waals surface area contributed by atoms with Crippen LogP contribution in [-0.2, 0) is 0 Å². The van der Waals surface area contributed by atoms with Gasteiger partial charge in [0.2, 0.25) is 0 Å². The van der Waals surface area contributed by atoms with Crippen molar-refractivity contribution in [2.75, 3.05) is 3.53 Å². The molecule has 10 heavy (non-hydrogen) atoms. The van der Waals surface area contributed by atoms with Gasteiger partial charge in [-0.1, -0.05) is 0 Å². The summed E-state index contributed by atoms with van der Waals surface area (Å²) in [7, 11) is 0. The number of hydrogen-bond donors (Lipinski definition) is 1. The molecule has 0 bridgehead atoms. The van der Waals surface area contributed by atoms with E-state index in [0.717, 1.165) is 0 Å². The summed E-state index contributed by atoms with van der Waals surface area (Å²) < 4.78 is 4.37. The number of halogens is 2. The van der Waals surface area contributed by atoms with Crippen molar-refractivity contribution in [2.45, 2.75) is 6.92 Å². The zero-order valence-corrected chi connectivity index (χ0v) is 9.80. The molecular formula is C7H7I2N. The average molecular weight is 359 g/mol. The fourth-order valence-electron chi connectivity index (χ4n) is 0.733. The number of hydrogen-bond acceptors (Lipinski definition) is 1. The van der Waals surface area contributed by atoms with Crippen LogP contribution in [-0.4, -0.2) is 0 Å². The highest BCUT2D eigenvalue weighted by Crippen LogP contribution is 2.18. The van der Waals surface area contributed by atoms with E-state index in [-0.39, 0.29) is 0 Å². The molecule has 0 aromatic heterocycles. The number of rotatable bonds is 1. The SMILES string of the molecule is Cc1cc(I)ccc1NI. The maximum atomic E-state index is 3.09. The van der Waals surface area contributed by atoms with Crippen LogP contribution in [0.4, 0.5) is 5.69 Å². The van der Waals surface area contributed by atoms with Crippen molar-refractivity contribution in [1.82, 2.24) is 0 Å². The summed E-state index contributed by atoms with van der Waals surface area (Å²) in [4.78, 5) is 0. The quantitative estimate of drug-likeness (QED) is 0.599. The minimum Gasteiger partial charge on any atom is -0.328 e. The molecule has 1 aromatic carbocycles. The summed E-state index contributed by atoms with van der Waals surface area (Å²) in [5.41, 5.74) is 2.49. The monoisotopic (exact) mass is 359 g/mol. The Balaban J connectivity index is 3.07.